The number of benzene rings is 2. The van der Waals surface area contributed by atoms with E-state index in [0.29, 0.717) is 53.5 Å². The summed E-state index contributed by atoms with van der Waals surface area (Å²) in [7, 11) is 0. The Bertz CT molecular complexity index is 1290. The van der Waals surface area contributed by atoms with Crippen LogP contribution in [-0.2, 0) is 4.79 Å². The third-order valence-corrected chi connectivity index (χ3v) is 6.37. The highest BCUT2D eigenvalue weighted by Gasteiger charge is 2.10. The maximum atomic E-state index is 12.5. The minimum absolute atomic E-state index is 0.0867. The predicted molar refractivity (Wildman–Crippen MR) is 142 cm³/mol. The minimum atomic E-state index is -0.0992. The average Bonchev–Trinajstić information content (AvgIpc) is 3.29. The zero-order chi connectivity index (χ0) is 24.6. The molecule has 0 atom stereocenters. The minimum Gasteiger partial charge on any atom is -0.368 e. The van der Waals surface area contributed by atoms with Gasteiger partial charge in [0.15, 0.2) is 5.82 Å². The normalized spacial score (nSPS) is 10.7. The highest BCUT2D eigenvalue weighted by molar-refractivity contribution is 7.20. The van der Waals surface area contributed by atoms with E-state index in [0.717, 1.165) is 15.6 Å². The van der Waals surface area contributed by atoms with Crippen molar-refractivity contribution < 1.29 is 9.59 Å². The first-order valence-corrected chi connectivity index (χ1v) is 12.3. The van der Waals surface area contributed by atoms with Crippen molar-refractivity contribution >= 4 is 56.5 Å². The monoisotopic (exact) mass is 508 g/mol. The number of fused-ring (bicyclic) bond motifs is 1. The molecule has 0 aliphatic heterocycles. The van der Waals surface area contributed by atoms with Crippen molar-refractivity contribution in [2.24, 2.45) is 0 Å². The summed E-state index contributed by atoms with van der Waals surface area (Å²) in [5.41, 5.74) is 0.820. The molecular weight excluding hydrogens is 484 g/mol. The summed E-state index contributed by atoms with van der Waals surface area (Å²) in [5, 5.41) is 13.8. The van der Waals surface area contributed by atoms with E-state index in [-0.39, 0.29) is 11.8 Å². The van der Waals surface area contributed by atoms with Gasteiger partial charge in [-0.1, -0.05) is 29.8 Å². The first kappa shape index (κ1) is 24.4. The van der Waals surface area contributed by atoms with Crippen LogP contribution in [0.2, 0.25) is 5.02 Å². The maximum absolute atomic E-state index is 12.5. The molecule has 0 spiro atoms. The Balaban J connectivity index is 1.38. The van der Waals surface area contributed by atoms with Crippen LogP contribution >= 0.6 is 22.9 Å². The van der Waals surface area contributed by atoms with Crippen molar-refractivity contribution in [1.82, 2.24) is 20.6 Å². The molecule has 0 aliphatic rings. The van der Waals surface area contributed by atoms with Crippen molar-refractivity contribution in [3.8, 4) is 11.4 Å². The van der Waals surface area contributed by atoms with Crippen LogP contribution in [0.4, 0.5) is 11.6 Å². The predicted octanol–water partition coefficient (Wildman–Crippen LogP) is 4.40. The van der Waals surface area contributed by atoms with Gasteiger partial charge in [-0.25, -0.2) is 9.97 Å². The molecule has 4 aromatic rings. The lowest BCUT2D eigenvalue weighted by Crippen LogP contribution is -2.28. The number of hydrogen-bond donors (Lipinski definition) is 4. The van der Waals surface area contributed by atoms with E-state index in [4.69, 9.17) is 11.6 Å². The van der Waals surface area contributed by atoms with E-state index in [1.807, 2.05) is 42.5 Å². The van der Waals surface area contributed by atoms with Crippen molar-refractivity contribution in [3.63, 3.8) is 0 Å². The number of carbonyl (C=O) groups is 2. The molecule has 0 aliphatic carbocycles. The van der Waals surface area contributed by atoms with Crippen LogP contribution in [0, 0.1) is 0 Å². The number of hydrogen-bond acceptors (Lipinski definition) is 7. The molecule has 0 saturated carbocycles. The highest BCUT2D eigenvalue weighted by atomic mass is 35.5. The van der Waals surface area contributed by atoms with Crippen LogP contribution in [-0.4, -0.2) is 48.0 Å². The number of anilines is 2. The SMILES string of the molecule is CC(=O)NCCNc1cc(NCCNC(=O)c2cc3ccccc3s2)nc(-c2ccc(Cl)cc2)n1. The molecule has 0 fully saturated rings. The molecule has 4 N–H and O–H groups in total. The molecule has 0 bridgehead atoms. The molecule has 2 amide bonds. The fourth-order valence-corrected chi connectivity index (χ4v) is 4.44. The first-order valence-electron chi connectivity index (χ1n) is 11.1. The van der Waals surface area contributed by atoms with Crippen molar-refractivity contribution in [3.05, 3.63) is 70.6 Å². The lowest BCUT2D eigenvalue weighted by atomic mass is 10.2. The highest BCUT2D eigenvalue weighted by Crippen LogP contribution is 2.25. The fourth-order valence-electron chi connectivity index (χ4n) is 3.33. The van der Waals surface area contributed by atoms with Gasteiger partial charge in [0.1, 0.15) is 11.6 Å². The Morgan fingerprint density at radius 2 is 1.51 bits per heavy atom. The van der Waals surface area contributed by atoms with E-state index in [2.05, 4.69) is 31.2 Å². The smallest absolute Gasteiger partial charge is 0.261 e. The molecule has 35 heavy (non-hydrogen) atoms. The quantitative estimate of drug-likeness (QED) is 0.236. The average molecular weight is 509 g/mol. The summed E-state index contributed by atoms with van der Waals surface area (Å²) in [4.78, 5) is 33.5. The Morgan fingerprint density at radius 1 is 0.857 bits per heavy atom. The van der Waals surface area contributed by atoms with Crippen molar-refractivity contribution in [1.29, 1.82) is 0 Å². The fraction of sp³-hybridized carbons (Fsp3) is 0.200. The summed E-state index contributed by atoms with van der Waals surface area (Å²) in [6, 6.07) is 18.9. The summed E-state index contributed by atoms with van der Waals surface area (Å²) >= 11 is 7.49. The van der Waals surface area contributed by atoms with Gasteiger partial charge < -0.3 is 21.3 Å². The summed E-state index contributed by atoms with van der Waals surface area (Å²) in [5.74, 6) is 1.58. The molecule has 0 saturated heterocycles. The largest absolute Gasteiger partial charge is 0.368 e. The van der Waals surface area contributed by atoms with Crippen molar-refractivity contribution in [2.75, 3.05) is 36.8 Å². The topological polar surface area (TPSA) is 108 Å². The van der Waals surface area contributed by atoms with Crippen LogP contribution in [0.5, 0.6) is 0 Å². The Morgan fingerprint density at radius 3 is 2.17 bits per heavy atom. The number of carbonyl (C=O) groups excluding carboxylic acids is 2. The number of nitrogens with one attached hydrogen (secondary N) is 4. The van der Waals surface area contributed by atoms with E-state index in [9.17, 15) is 9.59 Å². The Kier molecular flexibility index (Phi) is 8.12. The van der Waals surface area contributed by atoms with Gasteiger partial charge >= 0.3 is 0 Å². The summed E-state index contributed by atoms with van der Waals surface area (Å²) in [6.07, 6.45) is 0. The third kappa shape index (κ3) is 6.91. The zero-order valence-electron chi connectivity index (χ0n) is 19.1. The lowest BCUT2D eigenvalue weighted by Gasteiger charge is -2.12. The molecule has 180 valence electrons. The Labute approximate surface area is 212 Å². The van der Waals surface area contributed by atoms with Gasteiger partial charge in [-0.15, -0.1) is 11.3 Å². The standard InChI is InChI=1S/C25H25ClN6O2S/c1-16(33)27-10-11-28-22-15-23(32-24(31-22)17-6-8-19(26)9-7-17)29-12-13-30-25(34)21-14-18-4-2-3-5-20(18)35-21/h2-9,14-15H,10-13H2,1H3,(H,27,33)(H,30,34)(H2,28,29,31,32). The van der Waals surface area contributed by atoms with Crippen LogP contribution in [0.15, 0.2) is 60.7 Å². The molecule has 10 heteroatoms. The molecule has 2 aromatic carbocycles. The van der Waals surface area contributed by atoms with E-state index < -0.39 is 0 Å². The van der Waals surface area contributed by atoms with E-state index in [1.54, 1.807) is 18.2 Å². The molecule has 8 nitrogen and oxygen atoms in total. The first-order chi connectivity index (χ1) is 17.0. The second-order valence-corrected chi connectivity index (χ2v) is 9.23. The summed E-state index contributed by atoms with van der Waals surface area (Å²) < 4.78 is 1.09. The van der Waals surface area contributed by atoms with Gasteiger partial charge in [0.05, 0.1) is 4.88 Å². The summed E-state index contributed by atoms with van der Waals surface area (Å²) in [6.45, 7) is 3.38. The molecule has 2 aromatic heterocycles. The number of thiophene rings is 1. The zero-order valence-corrected chi connectivity index (χ0v) is 20.7. The molecule has 4 rings (SSSR count). The van der Waals surface area contributed by atoms with Crippen LogP contribution in [0.3, 0.4) is 0 Å². The van der Waals surface area contributed by atoms with Gasteiger partial charge in [0.2, 0.25) is 5.91 Å². The Hall–Kier alpha value is -3.69. The second-order valence-electron chi connectivity index (χ2n) is 7.71. The number of rotatable bonds is 10. The molecule has 0 radical (unpaired) electrons. The maximum Gasteiger partial charge on any atom is 0.261 e. The number of nitrogens with zero attached hydrogens (tertiary/aromatic N) is 2. The van der Waals surface area contributed by atoms with Gasteiger partial charge in [0, 0.05) is 54.5 Å². The van der Waals surface area contributed by atoms with Crippen LogP contribution in [0.1, 0.15) is 16.6 Å². The molecular formula is C25H25ClN6O2S. The van der Waals surface area contributed by atoms with Crippen LogP contribution < -0.4 is 21.3 Å². The third-order valence-electron chi connectivity index (χ3n) is 5.00. The molecule has 2 heterocycles. The lowest BCUT2D eigenvalue weighted by molar-refractivity contribution is -0.118. The van der Waals surface area contributed by atoms with Crippen molar-refractivity contribution in [2.45, 2.75) is 6.92 Å². The molecule has 0 unspecified atom stereocenters. The van der Waals surface area contributed by atoms with E-state index >= 15 is 0 Å². The van der Waals surface area contributed by atoms with Crippen LogP contribution in [0.25, 0.3) is 21.5 Å². The second kappa shape index (κ2) is 11.6. The van der Waals surface area contributed by atoms with Gasteiger partial charge in [0.25, 0.3) is 5.91 Å². The van der Waals surface area contributed by atoms with Gasteiger partial charge in [-0.2, -0.15) is 0 Å². The van der Waals surface area contributed by atoms with Gasteiger partial charge in [-0.05, 0) is 41.8 Å². The number of halogens is 1. The number of amides is 2. The van der Waals surface area contributed by atoms with E-state index in [1.165, 1.54) is 18.3 Å². The van der Waals surface area contributed by atoms with Gasteiger partial charge in [-0.3, -0.25) is 9.59 Å². The number of aromatic nitrogens is 2.